The van der Waals surface area contributed by atoms with E-state index in [9.17, 15) is 0 Å². The SMILES string of the molecule is N.[C-]#N.[C-]#N.[Ca+2]. The third-order valence-electron chi connectivity index (χ3n) is 0. The van der Waals surface area contributed by atoms with E-state index in [2.05, 4.69) is 0 Å². The van der Waals surface area contributed by atoms with Crippen molar-refractivity contribution in [3.05, 3.63) is 13.1 Å². The Kier molecular flexibility index (Phi) is 13300. The van der Waals surface area contributed by atoms with Crippen LogP contribution in [0.4, 0.5) is 0 Å². The van der Waals surface area contributed by atoms with Crippen molar-refractivity contribution in [2.75, 3.05) is 0 Å². The van der Waals surface area contributed by atoms with E-state index in [0.717, 1.165) is 0 Å². The Bertz CT molecular complexity index is 24.3. The molecule has 0 aromatic rings. The van der Waals surface area contributed by atoms with Crippen molar-refractivity contribution in [1.29, 1.82) is 10.5 Å². The average Bonchev–Trinajstić information content (AvgIpc) is 1.50. The van der Waals surface area contributed by atoms with Crippen LogP contribution in [0, 0.1) is 23.7 Å². The van der Waals surface area contributed by atoms with Crippen molar-refractivity contribution in [3.8, 4) is 0 Å². The van der Waals surface area contributed by atoms with Crippen LogP contribution < -0.4 is 6.15 Å². The van der Waals surface area contributed by atoms with E-state index in [-0.39, 0.29) is 43.9 Å². The molecular formula is C2H3CaN3. The molecule has 0 rings (SSSR count). The van der Waals surface area contributed by atoms with E-state index >= 15 is 0 Å². The van der Waals surface area contributed by atoms with Crippen molar-refractivity contribution >= 4 is 37.7 Å². The summed E-state index contributed by atoms with van der Waals surface area (Å²) in [6, 6.07) is 0. The van der Waals surface area contributed by atoms with E-state index < -0.39 is 0 Å². The van der Waals surface area contributed by atoms with Crippen LogP contribution in [0.15, 0.2) is 0 Å². The predicted molar refractivity (Wildman–Crippen MR) is 20.7 cm³/mol. The maximum absolute atomic E-state index is 6.25. The smallest absolute Gasteiger partial charge is 0.512 e. The fourth-order valence-corrected chi connectivity index (χ4v) is 0. The molecule has 0 spiro atoms. The van der Waals surface area contributed by atoms with Crippen LogP contribution >= 0.6 is 0 Å². The van der Waals surface area contributed by atoms with Gasteiger partial charge in [0.2, 0.25) is 0 Å². The molecule has 0 bridgehead atoms. The Morgan fingerprint density at radius 1 is 0.833 bits per heavy atom. The number of hydrogen-bond acceptors (Lipinski definition) is 3. The molecule has 0 fully saturated rings. The number of rotatable bonds is 0. The number of nitrogens with zero attached hydrogens (tertiary/aromatic N) is 2. The van der Waals surface area contributed by atoms with Gasteiger partial charge in [-0.1, -0.05) is 0 Å². The zero-order chi connectivity index (χ0) is 4.00. The standard InChI is InChI=1S/2CN.Ca.H3N/c2*1-2;;/h;;;1H3/q2*-1;+2;. The Hall–Kier alpha value is 0.200. The summed E-state index contributed by atoms with van der Waals surface area (Å²) in [5.41, 5.74) is 0. The molecular weight excluding hydrogens is 106 g/mol. The summed E-state index contributed by atoms with van der Waals surface area (Å²) in [5, 5.41) is 12.5. The van der Waals surface area contributed by atoms with Crippen LogP contribution in [0.25, 0.3) is 0 Å². The molecule has 28 valence electrons. The molecule has 0 aromatic carbocycles. The van der Waals surface area contributed by atoms with Gasteiger partial charge in [0.25, 0.3) is 0 Å². The maximum Gasteiger partial charge on any atom is 2.00 e. The van der Waals surface area contributed by atoms with Gasteiger partial charge in [0.05, 0.1) is 0 Å². The van der Waals surface area contributed by atoms with E-state index in [1.54, 1.807) is 0 Å². The summed E-state index contributed by atoms with van der Waals surface area (Å²) in [5.74, 6) is 0. The van der Waals surface area contributed by atoms with Gasteiger partial charge in [0.1, 0.15) is 0 Å². The first kappa shape index (κ1) is 34.6. The number of hydrogen-bond donors (Lipinski definition) is 1. The van der Waals surface area contributed by atoms with Crippen molar-refractivity contribution in [2.24, 2.45) is 0 Å². The van der Waals surface area contributed by atoms with Crippen LogP contribution in [0.2, 0.25) is 0 Å². The summed E-state index contributed by atoms with van der Waals surface area (Å²) in [6.07, 6.45) is 0. The van der Waals surface area contributed by atoms with Gasteiger partial charge in [-0.15, -0.1) is 0 Å². The molecule has 0 heterocycles. The first-order valence-corrected chi connectivity index (χ1v) is 0.447. The first-order valence-electron chi connectivity index (χ1n) is 0.447. The molecule has 0 aliphatic carbocycles. The third kappa shape index (κ3) is 1080. The molecule has 0 unspecified atom stereocenters. The summed E-state index contributed by atoms with van der Waals surface area (Å²) < 4.78 is 0. The topological polar surface area (TPSA) is 82.6 Å². The molecule has 0 aliphatic rings. The van der Waals surface area contributed by atoms with Crippen LogP contribution in [0.3, 0.4) is 0 Å². The molecule has 0 radical (unpaired) electrons. The molecule has 0 saturated carbocycles. The van der Waals surface area contributed by atoms with Gasteiger partial charge in [-0.05, 0) is 0 Å². The molecule has 0 aromatic heterocycles. The Labute approximate surface area is 67.1 Å². The largest absolute Gasteiger partial charge is 2.00 e. The van der Waals surface area contributed by atoms with Gasteiger partial charge in [-0.25, -0.2) is 0 Å². The Morgan fingerprint density at radius 3 is 0.833 bits per heavy atom. The fraction of sp³-hybridized carbons (Fsp3) is 0. The van der Waals surface area contributed by atoms with E-state index in [0.29, 0.717) is 0 Å². The van der Waals surface area contributed by atoms with Gasteiger partial charge in [0.15, 0.2) is 0 Å². The minimum absolute atomic E-state index is 0. The quantitative estimate of drug-likeness (QED) is 0.350. The molecule has 0 amide bonds. The van der Waals surface area contributed by atoms with E-state index in [1.165, 1.54) is 0 Å². The summed E-state index contributed by atoms with van der Waals surface area (Å²) >= 11 is 0. The second-order valence-corrected chi connectivity index (χ2v) is 0. The van der Waals surface area contributed by atoms with Crippen LogP contribution in [0.5, 0.6) is 0 Å². The van der Waals surface area contributed by atoms with E-state index in [4.69, 9.17) is 23.7 Å². The average molecular weight is 109 g/mol. The molecule has 3 N–H and O–H groups in total. The third-order valence-corrected chi connectivity index (χ3v) is 0. The van der Waals surface area contributed by atoms with Crippen LogP contribution in [-0.4, -0.2) is 37.7 Å². The van der Waals surface area contributed by atoms with Gasteiger partial charge in [-0.3, -0.25) is 0 Å². The maximum atomic E-state index is 6.25. The van der Waals surface area contributed by atoms with Gasteiger partial charge < -0.3 is 29.8 Å². The second kappa shape index (κ2) is 2300. The molecule has 0 saturated heterocycles. The molecule has 6 heavy (non-hydrogen) atoms. The van der Waals surface area contributed by atoms with Crippen LogP contribution in [0.1, 0.15) is 0 Å². The monoisotopic (exact) mass is 109 g/mol. The summed E-state index contributed by atoms with van der Waals surface area (Å²) in [6.45, 7) is 9.50. The van der Waals surface area contributed by atoms with E-state index in [1.807, 2.05) is 0 Å². The van der Waals surface area contributed by atoms with Crippen molar-refractivity contribution in [3.63, 3.8) is 0 Å². The molecule has 4 heteroatoms. The summed E-state index contributed by atoms with van der Waals surface area (Å²) in [7, 11) is 0. The molecule has 0 aliphatic heterocycles. The zero-order valence-electron chi connectivity index (χ0n) is 3.31. The second-order valence-electron chi connectivity index (χ2n) is 0. The first-order chi connectivity index (χ1) is 2.00. The predicted octanol–water partition coefficient (Wildman–Crippen LogP) is -0.0261. The Morgan fingerprint density at radius 2 is 0.833 bits per heavy atom. The normalized spacial score (nSPS) is 0.667. The molecule has 0 atom stereocenters. The Balaban J connectivity index is -0.00000000500. The zero-order valence-corrected chi connectivity index (χ0v) is 5.52. The van der Waals surface area contributed by atoms with Crippen molar-refractivity contribution in [2.45, 2.75) is 0 Å². The minimum atomic E-state index is 0. The fourth-order valence-electron chi connectivity index (χ4n) is 0. The minimum Gasteiger partial charge on any atom is -0.512 e. The van der Waals surface area contributed by atoms with Crippen molar-refractivity contribution < 1.29 is 0 Å². The van der Waals surface area contributed by atoms with Gasteiger partial charge in [-0.2, -0.15) is 0 Å². The van der Waals surface area contributed by atoms with Crippen LogP contribution in [-0.2, 0) is 0 Å². The van der Waals surface area contributed by atoms with Gasteiger partial charge >= 0.3 is 37.7 Å². The summed E-state index contributed by atoms with van der Waals surface area (Å²) in [4.78, 5) is 0. The van der Waals surface area contributed by atoms with Gasteiger partial charge in [0, 0.05) is 0 Å². The van der Waals surface area contributed by atoms with Crippen molar-refractivity contribution in [1.82, 2.24) is 6.15 Å². The molecule has 3 nitrogen and oxygen atoms in total.